The van der Waals surface area contributed by atoms with Crippen LogP contribution in [0.2, 0.25) is 0 Å². The van der Waals surface area contributed by atoms with Crippen molar-refractivity contribution in [2.75, 3.05) is 31.2 Å². The first-order chi connectivity index (χ1) is 17.3. The Morgan fingerprint density at radius 2 is 1.73 bits per heavy atom. The summed E-state index contributed by atoms with van der Waals surface area (Å²) in [7, 11) is 0. The molecule has 0 atom stereocenters. The fourth-order valence-electron chi connectivity index (χ4n) is 3.59. The first-order valence-corrected chi connectivity index (χ1v) is 11.8. The monoisotopic (exact) mass is 523 g/mol. The molecule has 0 fully saturated rings. The van der Waals surface area contributed by atoms with Crippen LogP contribution < -0.4 is 15.0 Å². The molecule has 0 bridgehead atoms. The summed E-state index contributed by atoms with van der Waals surface area (Å²) in [5, 5.41) is 14.3. The summed E-state index contributed by atoms with van der Waals surface area (Å²) >= 11 is 0. The zero-order valence-corrected chi connectivity index (χ0v) is 21.7. The molecule has 0 aliphatic carbocycles. The van der Waals surface area contributed by atoms with E-state index in [0.29, 0.717) is 18.4 Å². The number of nitro groups is 1. The standard InChI is InChI=1S/C24H33N3O10/c1-15(28)34-13-17(14-35-16(2)29)36-20-9-8-19(27(32)33)22-18(20)10-12-26(22)21(30)7-6-11-25-23(31)37-24(3,4)5/h8-9,17H,6-7,10-14H2,1-5H3,(H,25,31). The number of anilines is 1. The molecule has 13 heteroatoms. The summed E-state index contributed by atoms with van der Waals surface area (Å²) in [5.74, 6) is -1.19. The van der Waals surface area contributed by atoms with E-state index in [2.05, 4.69) is 5.32 Å². The van der Waals surface area contributed by atoms with E-state index in [0.717, 1.165) is 0 Å². The number of benzene rings is 1. The maximum absolute atomic E-state index is 12.9. The molecule has 1 aromatic carbocycles. The van der Waals surface area contributed by atoms with Gasteiger partial charge in [-0.05, 0) is 39.7 Å². The number of fused-ring (bicyclic) bond motifs is 1. The highest BCUT2D eigenvalue weighted by atomic mass is 16.6. The van der Waals surface area contributed by atoms with Crippen molar-refractivity contribution in [3.63, 3.8) is 0 Å². The third-order valence-electron chi connectivity index (χ3n) is 5.05. The molecule has 0 saturated heterocycles. The van der Waals surface area contributed by atoms with Crippen molar-refractivity contribution >= 4 is 35.3 Å². The molecule has 13 nitrogen and oxygen atoms in total. The second-order valence-electron chi connectivity index (χ2n) is 9.34. The van der Waals surface area contributed by atoms with Gasteiger partial charge in [0.2, 0.25) is 5.91 Å². The molecular formula is C24H33N3O10. The minimum absolute atomic E-state index is 0.0407. The van der Waals surface area contributed by atoms with Crippen LogP contribution in [0.15, 0.2) is 12.1 Å². The third-order valence-corrected chi connectivity index (χ3v) is 5.05. The maximum Gasteiger partial charge on any atom is 0.407 e. The van der Waals surface area contributed by atoms with Gasteiger partial charge in [0.15, 0.2) is 6.10 Å². The van der Waals surface area contributed by atoms with Gasteiger partial charge in [0, 0.05) is 45.0 Å². The molecule has 1 aliphatic rings. The van der Waals surface area contributed by atoms with E-state index in [-0.39, 0.29) is 55.8 Å². The fraction of sp³-hybridized carbons (Fsp3) is 0.583. The Balaban J connectivity index is 2.15. The van der Waals surface area contributed by atoms with Gasteiger partial charge in [-0.1, -0.05) is 0 Å². The van der Waals surface area contributed by atoms with Crippen LogP contribution in [0.4, 0.5) is 16.2 Å². The summed E-state index contributed by atoms with van der Waals surface area (Å²) in [6.07, 6.45) is -0.815. The Morgan fingerprint density at radius 1 is 1.11 bits per heavy atom. The van der Waals surface area contributed by atoms with Gasteiger partial charge in [-0.15, -0.1) is 0 Å². The number of rotatable bonds is 11. The van der Waals surface area contributed by atoms with Crippen molar-refractivity contribution in [2.24, 2.45) is 0 Å². The molecule has 1 heterocycles. The number of amides is 2. The number of hydrogen-bond donors (Lipinski definition) is 1. The maximum atomic E-state index is 12.9. The van der Waals surface area contributed by atoms with Gasteiger partial charge in [0.1, 0.15) is 30.3 Å². The summed E-state index contributed by atoms with van der Waals surface area (Å²) in [4.78, 5) is 59.7. The molecule has 0 spiro atoms. The Kier molecular flexibility index (Phi) is 10.2. The van der Waals surface area contributed by atoms with Crippen molar-refractivity contribution in [1.82, 2.24) is 5.32 Å². The summed E-state index contributed by atoms with van der Waals surface area (Å²) < 4.78 is 21.0. The number of carbonyl (C=O) groups is 4. The molecule has 0 radical (unpaired) electrons. The van der Waals surface area contributed by atoms with Gasteiger partial charge in [-0.2, -0.15) is 0 Å². The van der Waals surface area contributed by atoms with Gasteiger partial charge < -0.3 is 29.2 Å². The third kappa shape index (κ3) is 9.24. The topological polar surface area (TPSA) is 164 Å². The van der Waals surface area contributed by atoms with Gasteiger partial charge >= 0.3 is 18.0 Å². The Morgan fingerprint density at radius 3 is 2.27 bits per heavy atom. The highest BCUT2D eigenvalue weighted by molar-refractivity contribution is 5.98. The van der Waals surface area contributed by atoms with E-state index in [1.807, 2.05) is 0 Å². The smallest absolute Gasteiger partial charge is 0.407 e. The number of nitrogens with one attached hydrogen (secondary N) is 1. The highest BCUT2D eigenvalue weighted by Crippen LogP contribution is 2.43. The molecular weight excluding hydrogens is 490 g/mol. The Bertz CT molecular complexity index is 1020. The van der Waals surface area contributed by atoms with Gasteiger partial charge in [-0.3, -0.25) is 24.5 Å². The molecule has 37 heavy (non-hydrogen) atoms. The van der Waals surface area contributed by atoms with Crippen molar-refractivity contribution in [3.05, 3.63) is 27.8 Å². The average molecular weight is 524 g/mol. The van der Waals surface area contributed by atoms with E-state index in [1.165, 1.54) is 30.9 Å². The SMILES string of the molecule is CC(=O)OCC(COC(C)=O)Oc1ccc([N+](=O)[O-])c2c1CCN2C(=O)CCCNC(=O)OC(C)(C)C. The molecule has 1 aliphatic heterocycles. The lowest BCUT2D eigenvalue weighted by Crippen LogP contribution is -2.34. The van der Waals surface area contributed by atoms with E-state index >= 15 is 0 Å². The molecule has 0 unspecified atom stereocenters. The number of hydrogen-bond acceptors (Lipinski definition) is 10. The normalized spacial score (nSPS) is 12.5. The second-order valence-corrected chi connectivity index (χ2v) is 9.34. The van der Waals surface area contributed by atoms with E-state index < -0.39 is 34.7 Å². The molecule has 1 N–H and O–H groups in total. The number of nitro benzene ring substituents is 1. The van der Waals surface area contributed by atoms with Crippen LogP contribution >= 0.6 is 0 Å². The van der Waals surface area contributed by atoms with Gasteiger partial charge in [0.25, 0.3) is 5.69 Å². The van der Waals surface area contributed by atoms with Crippen LogP contribution in [-0.4, -0.2) is 66.9 Å². The molecule has 2 amide bonds. The van der Waals surface area contributed by atoms with Crippen LogP contribution in [0, 0.1) is 10.1 Å². The number of carbonyl (C=O) groups excluding carboxylic acids is 4. The van der Waals surface area contributed by atoms with Crippen molar-refractivity contribution in [1.29, 1.82) is 0 Å². The molecule has 0 aromatic heterocycles. The number of esters is 2. The average Bonchev–Trinajstić information content (AvgIpc) is 3.22. The zero-order valence-electron chi connectivity index (χ0n) is 21.7. The fourth-order valence-corrected chi connectivity index (χ4v) is 3.59. The van der Waals surface area contributed by atoms with Crippen LogP contribution in [0.25, 0.3) is 0 Å². The lowest BCUT2D eigenvalue weighted by Gasteiger charge is -2.21. The minimum Gasteiger partial charge on any atom is -0.483 e. The highest BCUT2D eigenvalue weighted by Gasteiger charge is 2.35. The Hall–Kier alpha value is -3.90. The van der Waals surface area contributed by atoms with Crippen molar-refractivity contribution in [2.45, 2.75) is 65.6 Å². The lowest BCUT2D eigenvalue weighted by atomic mass is 10.1. The van der Waals surface area contributed by atoms with E-state index in [9.17, 15) is 29.3 Å². The molecule has 204 valence electrons. The molecule has 0 saturated carbocycles. The number of alkyl carbamates (subject to hydrolysis) is 1. The van der Waals surface area contributed by atoms with Gasteiger partial charge in [0.05, 0.1) is 4.92 Å². The molecule has 1 aromatic rings. The Labute approximate surface area is 214 Å². The van der Waals surface area contributed by atoms with E-state index in [4.69, 9.17) is 18.9 Å². The predicted octanol–water partition coefficient (Wildman–Crippen LogP) is 2.66. The van der Waals surface area contributed by atoms with Gasteiger partial charge in [-0.25, -0.2) is 4.79 Å². The minimum atomic E-state index is -0.859. The summed E-state index contributed by atoms with van der Waals surface area (Å²) in [6, 6.07) is 2.64. The van der Waals surface area contributed by atoms with Crippen molar-refractivity contribution in [3.8, 4) is 5.75 Å². The summed E-state index contributed by atoms with van der Waals surface area (Å²) in [5.41, 5.74) is -0.319. The zero-order chi connectivity index (χ0) is 27.8. The predicted molar refractivity (Wildman–Crippen MR) is 130 cm³/mol. The quantitative estimate of drug-likeness (QED) is 0.150. The van der Waals surface area contributed by atoms with Crippen LogP contribution in [0.3, 0.4) is 0 Å². The van der Waals surface area contributed by atoms with Crippen LogP contribution in [0.5, 0.6) is 5.75 Å². The van der Waals surface area contributed by atoms with E-state index in [1.54, 1.807) is 20.8 Å². The lowest BCUT2D eigenvalue weighted by molar-refractivity contribution is -0.384. The summed E-state index contributed by atoms with van der Waals surface area (Å²) in [6.45, 7) is 7.64. The second kappa shape index (κ2) is 12.9. The van der Waals surface area contributed by atoms with Crippen LogP contribution in [0.1, 0.15) is 53.0 Å². The van der Waals surface area contributed by atoms with Crippen molar-refractivity contribution < 1.29 is 43.0 Å². The first kappa shape index (κ1) is 29.3. The number of nitrogens with zero attached hydrogens (tertiary/aromatic N) is 2. The number of ether oxygens (including phenoxy) is 4. The molecule has 2 rings (SSSR count). The largest absolute Gasteiger partial charge is 0.483 e. The first-order valence-electron chi connectivity index (χ1n) is 11.8. The van der Waals surface area contributed by atoms with Crippen LogP contribution in [-0.2, 0) is 35.0 Å².